The first-order chi connectivity index (χ1) is 16.6. The highest BCUT2D eigenvalue weighted by Crippen LogP contribution is 2.33. The quantitative estimate of drug-likeness (QED) is 0.265. The van der Waals surface area contributed by atoms with E-state index in [0.29, 0.717) is 16.7 Å². The number of nitrogens with zero attached hydrogens (tertiary/aromatic N) is 1. The maximum atomic E-state index is 13.3. The summed E-state index contributed by atoms with van der Waals surface area (Å²) >= 11 is 0. The van der Waals surface area contributed by atoms with Crippen molar-refractivity contribution < 1.29 is 37.4 Å². The van der Waals surface area contributed by atoms with Gasteiger partial charge in [-0.1, -0.05) is 24.3 Å². The van der Waals surface area contributed by atoms with E-state index >= 15 is 0 Å². The third-order valence-electron chi connectivity index (χ3n) is 4.93. The number of esters is 2. The molecule has 10 heteroatoms. The van der Waals surface area contributed by atoms with E-state index < -0.39 is 29.6 Å². The second-order valence-corrected chi connectivity index (χ2v) is 7.58. The van der Waals surface area contributed by atoms with Crippen LogP contribution in [0.1, 0.15) is 33.5 Å². The second-order valence-electron chi connectivity index (χ2n) is 7.58. The minimum absolute atomic E-state index is 0.0255. The fourth-order valence-corrected chi connectivity index (χ4v) is 3.31. The zero-order valence-corrected chi connectivity index (χ0v) is 18.3. The number of carboxylic acid groups (broad SMARTS) is 1. The number of carboxylic acids is 1. The largest absolute Gasteiger partial charge is 0.481 e. The van der Waals surface area contributed by atoms with Gasteiger partial charge in [0.2, 0.25) is 0 Å². The van der Waals surface area contributed by atoms with Crippen molar-refractivity contribution in [1.29, 1.82) is 0 Å². The Morgan fingerprint density at radius 1 is 1.00 bits per heavy atom. The molecule has 0 bridgehead atoms. The Morgan fingerprint density at radius 3 is 2.43 bits per heavy atom. The summed E-state index contributed by atoms with van der Waals surface area (Å²) in [6.45, 7) is 0.0240. The summed E-state index contributed by atoms with van der Waals surface area (Å²) in [4.78, 5) is 38.9. The normalized spacial score (nSPS) is 11.2. The van der Waals surface area contributed by atoms with E-state index in [2.05, 4.69) is 10.3 Å². The molecule has 1 heterocycles. The number of halogens is 3. The molecule has 0 saturated heterocycles. The van der Waals surface area contributed by atoms with E-state index in [9.17, 15) is 27.6 Å². The lowest BCUT2D eigenvalue weighted by Gasteiger charge is -2.15. The number of benzene rings is 2. The molecule has 3 aromatic rings. The van der Waals surface area contributed by atoms with Crippen LogP contribution in [0.15, 0.2) is 67.0 Å². The Kier molecular flexibility index (Phi) is 8.32. The third-order valence-corrected chi connectivity index (χ3v) is 4.93. The van der Waals surface area contributed by atoms with E-state index in [0.717, 1.165) is 12.1 Å². The van der Waals surface area contributed by atoms with Gasteiger partial charge in [0.15, 0.2) is 0 Å². The van der Waals surface area contributed by atoms with E-state index in [1.54, 1.807) is 24.3 Å². The lowest BCUT2D eigenvalue weighted by molar-refractivity contribution is -0.138. The summed E-state index contributed by atoms with van der Waals surface area (Å²) in [7, 11) is 0. The Bertz CT molecular complexity index is 1210. The molecule has 0 saturated carbocycles. The SMILES string of the molecule is O=C(O)Cc1cncc(-c2ccc(C(F)(F)F)cc2CNCCC(=O)OC(=O)c2ccccc2)c1. The van der Waals surface area contributed by atoms with Gasteiger partial charge in [-0.2, -0.15) is 13.2 Å². The zero-order chi connectivity index (χ0) is 25.4. The monoisotopic (exact) mass is 486 g/mol. The molecule has 2 aromatic carbocycles. The predicted octanol–water partition coefficient (Wildman–Crippen LogP) is 4.26. The number of ether oxygens (including phenoxy) is 1. The molecule has 0 aliphatic carbocycles. The number of aliphatic carboxylic acids is 1. The van der Waals surface area contributed by atoms with Crippen molar-refractivity contribution in [3.63, 3.8) is 0 Å². The van der Waals surface area contributed by atoms with Crippen LogP contribution < -0.4 is 5.32 Å². The van der Waals surface area contributed by atoms with E-state index in [-0.39, 0.29) is 37.1 Å². The van der Waals surface area contributed by atoms with E-state index in [1.165, 1.54) is 30.6 Å². The maximum Gasteiger partial charge on any atom is 0.416 e. The lowest BCUT2D eigenvalue weighted by atomic mass is 9.97. The molecule has 0 aliphatic rings. The molecule has 0 spiro atoms. The first-order valence-electron chi connectivity index (χ1n) is 10.5. The molecular weight excluding hydrogens is 465 g/mol. The highest BCUT2D eigenvalue weighted by Gasteiger charge is 2.31. The van der Waals surface area contributed by atoms with Gasteiger partial charge in [-0.05, 0) is 47.0 Å². The van der Waals surface area contributed by atoms with Crippen LogP contribution in [0.4, 0.5) is 13.2 Å². The molecule has 2 N–H and O–H groups in total. The number of carbonyl (C=O) groups is 3. The smallest absolute Gasteiger partial charge is 0.416 e. The molecule has 0 atom stereocenters. The van der Waals surface area contributed by atoms with Crippen molar-refractivity contribution in [1.82, 2.24) is 10.3 Å². The second kappa shape index (κ2) is 11.4. The van der Waals surface area contributed by atoms with E-state index in [1.807, 2.05) is 0 Å². The van der Waals surface area contributed by atoms with Gasteiger partial charge in [0.05, 0.1) is 24.0 Å². The average Bonchev–Trinajstić information content (AvgIpc) is 2.81. The fraction of sp³-hybridized carbons (Fsp3) is 0.200. The summed E-state index contributed by atoms with van der Waals surface area (Å²) in [6, 6.07) is 12.8. The van der Waals surface area contributed by atoms with Gasteiger partial charge in [0, 0.05) is 31.0 Å². The predicted molar refractivity (Wildman–Crippen MR) is 119 cm³/mol. The number of hydrogen-bond acceptors (Lipinski definition) is 6. The van der Waals surface area contributed by atoms with Crippen LogP contribution in [0, 0.1) is 0 Å². The van der Waals surface area contributed by atoms with Crippen molar-refractivity contribution >= 4 is 17.9 Å². The Morgan fingerprint density at radius 2 is 1.74 bits per heavy atom. The number of rotatable bonds is 9. The van der Waals surface area contributed by atoms with E-state index in [4.69, 9.17) is 9.84 Å². The number of pyridine rings is 1. The molecule has 182 valence electrons. The highest BCUT2D eigenvalue weighted by atomic mass is 19.4. The van der Waals surface area contributed by atoms with Crippen molar-refractivity contribution in [3.05, 3.63) is 89.2 Å². The number of hydrogen-bond donors (Lipinski definition) is 2. The van der Waals surface area contributed by atoms with Gasteiger partial charge in [0.25, 0.3) is 0 Å². The van der Waals surface area contributed by atoms with Crippen LogP contribution in [0.25, 0.3) is 11.1 Å². The molecule has 1 aromatic heterocycles. The number of carbonyl (C=O) groups excluding carboxylic acids is 2. The average molecular weight is 486 g/mol. The zero-order valence-electron chi connectivity index (χ0n) is 18.3. The van der Waals surface area contributed by atoms with Crippen LogP contribution >= 0.6 is 0 Å². The lowest BCUT2D eigenvalue weighted by Crippen LogP contribution is -2.21. The molecule has 0 unspecified atom stereocenters. The van der Waals surface area contributed by atoms with Gasteiger partial charge in [-0.25, -0.2) is 4.79 Å². The van der Waals surface area contributed by atoms with Gasteiger partial charge in [-0.15, -0.1) is 0 Å². The maximum absolute atomic E-state index is 13.3. The molecule has 0 radical (unpaired) electrons. The van der Waals surface area contributed by atoms with Crippen molar-refractivity contribution in [2.24, 2.45) is 0 Å². The highest BCUT2D eigenvalue weighted by molar-refractivity contribution is 5.96. The van der Waals surface area contributed by atoms with Gasteiger partial charge < -0.3 is 15.2 Å². The first kappa shape index (κ1) is 25.6. The van der Waals surface area contributed by atoms with Crippen molar-refractivity contribution in [3.8, 4) is 11.1 Å². The standard InChI is InChI=1S/C25H21F3N2O5/c26-25(27,28)20-6-7-21(18-10-16(11-22(31)32)13-30-15-18)19(12-20)14-29-9-8-23(33)35-24(34)17-4-2-1-3-5-17/h1-7,10,12-13,15,29H,8-9,11,14H2,(H,31,32). The van der Waals surface area contributed by atoms with Gasteiger partial charge >= 0.3 is 24.1 Å². The topological polar surface area (TPSA) is 106 Å². The van der Waals surface area contributed by atoms with Crippen LogP contribution in [-0.2, 0) is 33.5 Å². The molecule has 7 nitrogen and oxygen atoms in total. The Hall–Kier alpha value is -4.05. The molecular formula is C25H21F3N2O5. The Labute approximate surface area is 198 Å². The summed E-state index contributed by atoms with van der Waals surface area (Å²) in [5, 5.41) is 11.9. The molecule has 35 heavy (non-hydrogen) atoms. The molecule has 3 rings (SSSR count). The number of alkyl halides is 3. The van der Waals surface area contributed by atoms with Gasteiger partial charge in [0.1, 0.15) is 0 Å². The fourth-order valence-electron chi connectivity index (χ4n) is 3.31. The van der Waals surface area contributed by atoms with Crippen LogP contribution in [-0.4, -0.2) is 34.5 Å². The summed E-state index contributed by atoms with van der Waals surface area (Å²) in [5.41, 5.74) is 0.957. The summed E-state index contributed by atoms with van der Waals surface area (Å²) in [5.74, 6) is -2.62. The third kappa shape index (κ3) is 7.47. The van der Waals surface area contributed by atoms with Gasteiger partial charge in [-0.3, -0.25) is 14.6 Å². The molecule has 0 aliphatic heterocycles. The summed E-state index contributed by atoms with van der Waals surface area (Å²) in [6.07, 6.45) is -2.20. The molecule has 0 amide bonds. The number of aromatic nitrogens is 1. The minimum Gasteiger partial charge on any atom is -0.481 e. The van der Waals surface area contributed by atoms with Crippen LogP contribution in [0.3, 0.4) is 0 Å². The van der Waals surface area contributed by atoms with Crippen LogP contribution in [0.2, 0.25) is 0 Å². The molecule has 0 fully saturated rings. The number of nitrogens with one attached hydrogen (secondary N) is 1. The van der Waals surface area contributed by atoms with Crippen molar-refractivity contribution in [2.45, 2.75) is 25.6 Å². The minimum atomic E-state index is -4.56. The Balaban J connectivity index is 1.69. The summed E-state index contributed by atoms with van der Waals surface area (Å²) < 4.78 is 44.6. The van der Waals surface area contributed by atoms with Crippen molar-refractivity contribution in [2.75, 3.05) is 6.54 Å². The van der Waals surface area contributed by atoms with Crippen LogP contribution in [0.5, 0.6) is 0 Å². The first-order valence-corrected chi connectivity index (χ1v) is 10.5.